The average molecular weight is 284 g/mol. The van der Waals surface area contributed by atoms with Crippen molar-refractivity contribution in [3.63, 3.8) is 0 Å². The zero-order chi connectivity index (χ0) is 13.0. The van der Waals surface area contributed by atoms with Gasteiger partial charge in [0.05, 0.1) is 6.26 Å². The van der Waals surface area contributed by atoms with Crippen LogP contribution in [0.2, 0.25) is 10.0 Å². The number of nitrogens with one attached hydrogen (secondary N) is 1. The van der Waals surface area contributed by atoms with E-state index in [4.69, 9.17) is 27.6 Å². The van der Waals surface area contributed by atoms with E-state index in [9.17, 15) is 0 Å². The largest absolute Gasteiger partial charge is 0.469 e. The molecular formula is C14H15Cl2NO. The van der Waals surface area contributed by atoms with Gasteiger partial charge in [0.25, 0.3) is 0 Å². The summed E-state index contributed by atoms with van der Waals surface area (Å²) in [5, 5.41) is 4.75. The van der Waals surface area contributed by atoms with E-state index in [1.165, 1.54) is 0 Å². The highest BCUT2D eigenvalue weighted by molar-refractivity contribution is 6.36. The van der Waals surface area contributed by atoms with Gasteiger partial charge >= 0.3 is 0 Å². The number of furan rings is 1. The van der Waals surface area contributed by atoms with Crippen molar-refractivity contribution in [3.8, 4) is 0 Å². The summed E-state index contributed by atoms with van der Waals surface area (Å²) in [6, 6.07) is 9.46. The Bertz CT molecular complexity index is 476. The van der Waals surface area contributed by atoms with Gasteiger partial charge in [-0.25, -0.2) is 0 Å². The van der Waals surface area contributed by atoms with Crippen LogP contribution in [0.3, 0.4) is 0 Å². The van der Waals surface area contributed by atoms with E-state index in [0.717, 1.165) is 24.3 Å². The van der Waals surface area contributed by atoms with Crippen LogP contribution >= 0.6 is 23.2 Å². The van der Waals surface area contributed by atoms with E-state index in [1.807, 2.05) is 30.3 Å². The van der Waals surface area contributed by atoms with Gasteiger partial charge in [-0.2, -0.15) is 0 Å². The molecule has 0 spiro atoms. The van der Waals surface area contributed by atoms with Crippen LogP contribution in [0.25, 0.3) is 0 Å². The van der Waals surface area contributed by atoms with Gasteiger partial charge in [0.2, 0.25) is 0 Å². The number of rotatable bonds is 5. The fourth-order valence-corrected chi connectivity index (χ4v) is 2.66. The quantitative estimate of drug-likeness (QED) is 0.875. The summed E-state index contributed by atoms with van der Waals surface area (Å²) in [5.41, 5.74) is 0.930. The van der Waals surface area contributed by atoms with Crippen molar-refractivity contribution in [2.45, 2.75) is 19.4 Å². The summed E-state index contributed by atoms with van der Waals surface area (Å²) in [5.74, 6) is 0.914. The minimum Gasteiger partial charge on any atom is -0.469 e. The first-order chi connectivity index (χ1) is 8.72. The fraction of sp³-hybridized carbons (Fsp3) is 0.286. The van der Waals surface area contributed by atoms with Crippen LogP contribution in [0.5, 0.6) is 0 Å². The predicted octanol–water partition coefficient (Wildman–Crippen LogP) is 4.48. The molecule has 1 atom stereocenters. The molecule has 1 N–H and O–H groups in total. The summed E-state index contributed by atoms with van der Waals surface area (Å²) in [6.45, 7) is 2.90. The van der Waals surface area contributed by atoms with Crippen molar-refractivity contribution in [1.29, 1.82) is 0 Å². The number of benzene rings is 1. The molecule has 2 nitrogen and oxygen atoms in total. The Balaban J connectivity index is 2.29. The monoisotopic (exact) mass is 283 g/mol. The number of hydrogen-bond donors (Lipinski definition) is 1. The maximum Gasteiger partial charge on any atom is 0.105 e. The van der Waals surface area contributed by atoms with Crippen LogP contribution in [0.15, 0.2) is 41.0 Å². The van der Waals surface area contributed by atoms with Crippen LogP contribution in [0, 0.1) is 0 Å². The molecule has 0 bridgehead atoms. The molecule has 0 saturated heterocycles. The molecule has 0 radical (unpaired) electrons. The van der Waals surface area contributed by atoms with E-state index in [-0.39, 0.29) is 6.04 Å². The highest BCUT2D eigenvalue weighted by atomic mass is 35.5. The van der Waals surface area contributed by atoms with Gasteiger partial charge in [-0.3, -0.25) is 0 Å². The second kappa shape index (κ2) is 6.28. The lowest BCUT2D eigenvalue weighted by Gasteiger charge is -2.19. The minimum atomic E-state index is 0.0577. The van der Waals surface area contributed by atoms with Crippen molar-refractivity contribution >= 4 is 23.2 Å². The highest BCUT2D eigenvalue weighted by Gasteiger charge is 2.18. The molecular weight excluding hydrogens is 269 g/mol. The maximum atomic E-state index is 6.25. The molecule has 1 heterocycles. The molecule has 1 unspecified atom stereocenters. The molecule has 2 rings (SSSR count). The molecule has 18 heavy (non-hydrogen) atoms. The van der Waals surface area contributed by atoms with Crippen LogP contribution in [-0.4, -0.2) is 6.54 Å². The third kappa shape index (κ3) is 3.08. The van der Waals surface area contributed by atoms with Crippen LogP contribution in [-0.2, 0) is 6.42 Å². The predicted molar refractivity (Wildman–Crippen MR) is 75.3 cm³/mol. The van der Waals surface area contributed by atoms with Crippen molar-refractivity contribution in [1.82, 2.24) is 5.32 Å². The SMILES string of the molecule is CCNC(Cc1ccco1)c1c(Cl)cccc1Cl. The van der Waals surface area contributed by atoms with Crippen LogP contribution in [0.4, 0.5) is 0 Å². The Morgan fingerprint density at radius 2 is 1.89 bits per heavy atom. The summed E-state index contributed by atoms with van der Waals surface area (Å²) in [4.78, 5) is 0. The van der Waals surface area contributed by atoms with Gasteiger partial charge in [-0.1, -0.05) is 36.2 Å². The second-order valence-corrected chi connectivity index (χ2v) is 4.84. The van der Waals surface area contributed by atoms with E-state index in [0.29, 0.717) is 10.0 Å². The summed E-state index contributed by atoms with van der Waals surface area (Å²) in [6.07, 6.45) is 2.40. The van der Waals surface area contributed by atoms with Crippen molar-refractivity contribution < 1.29 is 4.42 Å². The van der Waals surface area contributed by atoms with Crippen molar-refractivity contribution in [2.24, 2.45) is 0 Å². The average Bonchev–Trinajstić information content (AvgIpc) is 2.82. The highest BCUT2D eigenvalue weighted by Crippen LogP contribution is 2.32. The number of hydrogen-bond acceptors (Lipinski definition) is 2. The zero-order valence-corrected chi connectivity index (χ0v) is 11.6. The standard InChI is InChI=1S/C14H15Cl2NO/c1-2-17-13(9-10-5-4-8-18-10)14-11(15)6-3-7-12(14)16/h3-8,13,17H,2,9H2,1H3. The Labute approximate surface area is 117 Å². The lowest BCUT2D eigenvalue weighted by molar-refractivity contribution is 0.455. The topological polar surface area (TPSA) is 25.2 Å². The Morgan fingerprint density at radius 1 is 1.17 bits per heavy atom. The second-order valence-electron chi connectivity index (χ2n) is 4.03. The summed E-state index contributed by atoms with van der Waals surface area (Å²) < 4.78 is 5.39. The first-order valence-electron chi connectivity index (χ1n) is 5.92. The van der Waals surface area contributed by atoms with E-state index in [2.05, 4.69) is 12.2 Å². The minimum absolute atomic E-state index is 0.0577. The normalized spacial score (nSPS) is 12.6. The van der Waals surface area contributed by atoms with Crippen molar-refractivity contribution in [3.05, 3.63) is 58.0 Å². The number of halogens is 2. The third-order valence-electron chi connectivity index (χ3n) is 2.78. The lowest BCUT2D eigenvalue weighted by Crippen LogP contribution is -2.23. The molecule has 0 amide bonds. The number of likely N-dealkylation sites (N-methyl/N-ethyl adjacent to an activating group) is 1. The third-order valence-corrected chi connectivity index (χ3v) is 3.44. The summed E-state index contributed by atoms with van der Waals surface area (Å²) >= 11 is 12.5. The van der Waals surface area contributed by atoms with Crippen LogP contribution in [0.1, 0.15) is 24.3 Å². The Kier molecular flexibility index (Phi) is 4.70. The molecule has 0 aliphatic rings. The Morgan fingerprint density at radius 3 is 2.44 bits per heavy atom. The lowest BCUT2D eigenvalue weighted by atomic mass is 10.0. The first kappa shape index (κ1) is 13.5. The first-order valence-corrected chi connectivity index (χ1v) is 6.67. The van der Waals surface area contributed by atoms with Crippen molar-refractivity contribution in [2.75, 3.05) is 6.54 Å². The molecule has 1 aromatic heterocycles. The van der Waals surface area contributed by atoms with Gasteiger partial charge in [0.1, 0.15) is 5.76 Å². The van der Waals surface area contributed by atoms with Gasteiger partial charge in [-0.05, 0) is 30.8 Å². The Hall–Kier alpha value is -0.960. The molecule has 1 aromatic carbocycles. The molecule has 0 fully saturated rings. The molecule has 2 aromatic rings. The zero-order valence-electron chi connectivity index (χ0n) is 10.1. The summed E-state index contributed by atoms with van der Waals surface area (Å²) in [7, 11) is 0. The maximum absolute atomic E-state index is 6.25. The van der Waals surface area contributed by atoms with Gasteiger partial charge in [0, 0.05) is 28.1 Å². The van der Waals surface area contributed by atoms with E-state index < -0.39 is 0 Å². The van der Waals surface area contributed by atoms with E-state index in [1.54, 1.807) is 6.26 Å². The molecule has 4 heteroatoms. The van der Waals surface area contributed by atoms with Gasteiger partial charge in [-0.15, -0.1) is 0 Å². The van der Waals surface area contributed by atoms with E-state index >= 15 is 0 Å². The smallest absolute Gasteiger partial charge is 0.105 e. The molecule has 0 saturated carbocycles. The molecule has 96 valence electrons. The van der Waals surface area contributed by atoms with Crippen LogP contribution < -0.4 is 5.32 Å². The van der Waals surface area contributed by atoms with Gasteiger partial charge in [0.15, 0.2) is 0 Å². The fourth-order valence-electron chi connectivity index (χ4n) is 2.00. The molecule has 0 aliphatic heterocycles. The molecule has 0 aliphatic carbocycles. The van der Waals surface area contributed by atoms with Gasteiger partial charge < -0.3 is 9.73 Å².